The summed E-state index contributed by atoms with van der Waals surface area (Å²) in [6.45, 7) is 3.93. The minimum Gasteiger partial charge on any atom is -0.229 e. The number of hydrogen-bond donors (Lipinski definition) is 0. The van der Waals surface area contributed by atoms with Gasteiger partial charge in [0, 0.05) is 10.6 Å². The second-order valence-electron chi connectivity index (χ2n) is 3.07. The molecule has 0 spiro atoms. The van der Waals surface area contributed by atoms with Crippen molar-refractivity contribution in [2.75, 3.05) is 11.5 Å². The highest BCUT2D eigenvalue weighted by Crippen LogP contribution is 2.08. The van der Waals surface area contributed by atoms with Crippen LogP contribution in [-0.2, 0) is 9.84 Å². The zero-order valence-electron chi connectivity index (χ0n) is 7.72. The molecule has 0 saturated carbocycles. The second kappa shape index (κ2) is 5.97. The first-order valence-electron chi connectivity index (χ1n) is 4.32. The van der Waals surface area contributed by atoms with Crippen LogP contribution in [0.25, 0.3) is 0 Å². The van der Waals surface area contributed by atoms with Crippen LogP contribution in [0.2, 0.25) is 0 Å². The van der Waals surface area contributed by atoms with Gasteiger partial charge in [-0.05, 0) is 19.3 Å². The van der Waals surface area contributed by atoms with Crippen LogP contribution in [0.15, 0.2) is 0 Å². The van der Waals surface area contributed by atoms with Crippen molar-refractivity contribution in [2.45, 2.75) is 37.9 Å². The lowest BCUT2D eigenvalue weighted by Gasteiger charge is -2.03. The van der Waals surface area contributed by atoms with Gasteiger partial charge in [-0.3, -0.25) is 0 Å². The minimum absolute atomic E-state index is 0.337. The summed E-state index contributed by atoms with van der Waals surface area (Å²) >= 11 is 3.39. The molecule has 0 aromatic carbocycles. The van der Waals surface area contributed by atoms with Gasteiger partial charge in [-0.2, -0.15) is 0 Å². The lowest BCUT2D eigenvalue weighted by Crippen LogP contribution is -2.11. The molecular weight excluding hydrogens is 240 g/mol. The molecule has 0 N–H and O–H groups in total. The van der Waals surface area contributed by atoms with Gasteiger partial charge in [0.2, 0.25) is 0 Å². The van der Waals surface area contributed by atoms with Crippen LogP contribution < -0.4 is 0 Å². The zero-order chi connectivity index (χ0) is 9.61. The molecule has 0 heterocycles. The molecule has 4 heteroatoms. The Kier molecular flexibility index (Phi) is 6.19. The number of alkyl halides is 1. The van der Waals surface area contributed by atoms with Gasteiger partial charge in [0.25, 0.3) is 0 Å². The first-order valence-corrected chi connectivity index (χ1v) is 7.06. The number of rotatable bonds is 6. The molecule has 74 valence electrons. The van der Waals surface area contributed by atoms with E-state index < -0.39 is 9.84 Å². The van der Waals surface area contributed by atoms with E-state index in [4.69, 9.17) is 0 Å². The van der Waals surface area contributed by atoms with Gasteiger partial charge >= 0.3 is 0 Å². The largest absolute Gasteiger partial charge is 0.229 e. The molecule has 0 saturated heterocycles. The minimum atomic E-state index is -2.75. The first kappa shape index (κ1) is 12.4. The monoisotopic (exact) mass is 256 g/mol. The molecule has 12 heavy (non-hydrogen) atoms. The third-order valence-corrected chi connectivity index (χ3v) is 3.97. The molecule has 1 atom stereocenters. The van der Waals surface area contributed by atoms with E-state index in [-0.39, 0.29) is 0 Å². The standard InChI is InChI=1S/C8H17BrO2S/c1-3-6-12(10,11)7-4-5-8(2)9/h8H,3-7H2,1-2H3. The Morgan fingerprint density at radius 1 is 1.33 bits per heavy atom. The lowest BCUT2D eigenvalue weighted by molar-refractivity contribution is 0.590. The van der Waals surface area contributed by atoms with Crippen molar-refractivity contribution in [1.82, 2.24) is 0 Å². The van der Waals surface area contributed by atoms with Crippen LogP contribution in [-0.4, -0.2) is 24.8 Å². The third-order valence-electron chi connectivity index (χ3n) is 1.57. The van der Waals surface area contributed by atoms with E-state index in [0.717, 1.165) is 19.3 Å². The van der Waals surface area contributed by atoms with Crippen LogP contribution in [0.1, 0.15) is 33.1 Å². The second-order valence-corrected chi connectivity index (χ2v) is 6.94. The highest BCUT2D eigenvalue weighted by Gasteiger charge is 2.08. The maximum Gasteiger partial charge on any atom is 0.150 e. The number of halogens is 1. The van der Waals surface area contributed by atoms with E-state index in [1.54, 1.807) is 0 Å². The highest BCUT2D eigenvalue weighted by atomic mass is 79.9. The van der Waals surface area contributed by atoms with Gasteiger partial charge in [0.05, 0.1) is 5.75 Å². The molecule has 0 aromatic rings. The van der Waals surface area contributed by atoms with E-state index in [0.29, 0.717) is 16.3 Å². The summed E-state index contributed by atoms with van der Waals surface area (Å²) in [6, 6.07) is 0. The Labute approximate surface area is 83.8 Å². The predicted molar refractivity (Wildman–Crippen MR) is 56.6 cm³/mol. The van der Waals surface area contributed by atoms with Crippen molar-refractivity contribution >= 4 is 25.8 Å². The molecule has 2 nitrogen and oxygen atoms in total. The number of hydrogen-bond acceptors (Lipinski definition) is 2. The summed E-state index contributed by atoms with van der Waals surface area (Å²) in [6.07, 6.45) is 2.43. The van der Waals surface area contributed by atoms with Crippen LogP contribution >= 0.6 is 15.9 Å². The highest BCUT2D eigenvalue weighted by molar-refractivity contribution is 9.09. The van der Waals surface area contributed by atoms with Crippen molar-refractivity contribution in [3.63, 3.8) is 0 Å². The molecule has 0 aliphatic heterocycles. The molecule has 0 aliphatic carbocycles. The van der Waals surface area contributed by atoms with Crippen molar-refractivity contribution in [3.8, 4) is 0 Å². The van der Waals surface area contributed by atoms with E-state index in [2.05, 4.69) is 15.9 Å². The van der Waals surface area contributed by atoms with Gasteiger partial charge in [0.15, 0.2) is 0 Å². The molecule has 1 unspecified atom stereocenters. The van der Waals surface area contributed by atoms with Crippen LogP contribution in [0.3, 0.4) is 0 Å². The van der Waals surface area contributed by atoms with E-state index in [9.17, 15) is 8.42 Å². The van der Waals surface area contributed by atoms with E-state index >= 15 is 0 Å². The molecule has 0 aliphatic rings. The smallest absolute Gasteiger partial charge is 0.150 e. The molecule has 0 radical (unpaired) electrons. The summed E-state index contributed by atoms with van der Waals surface area (Å²) in [7, 11) is -2.75. The first-order chi connectivity index (χ1) is 5.48. The van der Waals surface area contributed by atoms with E-state index in [1.807, 2.05) is 13.8 Å². The molecular formula is C8H17BrO2S. The van der Waals surface area contributed by atoms with Crippen LogP contribution in [0, 0.1) is 0 Å². The SMILES string of the molecule is CCCS(=O)(=O)CCCC(C)Br. The van der Waals surface area contributed by atoms with Crippen molar-refractivity contribution in [3.05, 3.63) is 0 Å². The topological polar surface area (TPSA) is 34.1 Å². The van der Waals surface area contributed by atoms with Gasteiger partial charge in [0.1, 0.15) is 9.84 Å². The quantitative estimate of drug-likeness (QED) is 0.684. The van der Waals surface area contributed by atoms with Gasteiger partial charge in [-0.15, -0.1) is 0 Å². The molecule has 0 bridgehead atoms. The molecule has 0 fully saturated rings. The fourth-order valence-electron chi connectivity index (χ4n) is 0.998. The summed E-state index contributed by atoms with van der Waals surface area (Å²) in [4.78, 5) is 0.425. The van der Waals surface area contributed by atoms with Crippen molar-refractivity contribution in [1.29, 1.82) is 0 Å². The fourth-order valence-corrected chi connectivity index (χ4v) is 2.75. The summed E-state index contributed by atoms with van der Waals surface area (Å²) in [5.74, 6) is 0.681. The van der Waals surface area contributed by atoms with Gasteiger partial charge in [-0.1, -0.05) is 29.8 Å². The molecule has 0 aromatic heterocycles. The van der Waals surface area contributed by atoms with Crippen molar-refractivity contribution < 1.29 is 8.42 Å². The summed E-state index contributed by atoms with van der Waals surface area (Å²) < 4.78 is 22.4. The van der Waals surface area contributed by atoms with Crippen LogP contribution in [0.5, 0.6) is 0 Å². The average molecular weight is 257 g/mol. The normalized spacial score (nSPS) is 14.6. The van der Waals surface area contributed by atoms with E-state index in [1.165, 1.54) is 0 Å². The molecule has 0 rings (SSSR count). The maximum atomic E-state index is 11.2. The maximum absolute atomic E-state index is 11.2. The lowest BCUT2D eigenvalue weighted by atomic mass is 10.3. The Balaban J connectivity index is 3.62. The Hall–Kier alpha value is 0.430. The Morgan fingerprint density at radius 3 is 2.33 bits per heavy atom. The molecule has 0 amide bonds. The summed E-state index contributed by atoms with van der Waals surface area (Å²) in [5.41, 5.74) is 0. The third kappa shape index (κ3) is 7.10. The number of sulfone groups is 1. The Morgan fingerprint density at radius 2 is 1.92 bits per heavy atom. The van der Waals surface area contributed by atoms with Crippen molar-refractivity contribution in [2.24, 2.45) is 0 Å². The van der Waals surface area contributed by atoms with Gasteiger partial charge in [-0.25, -0.2) is 8.42 Å². The van der Waals surface area contributed by atoms with Crippen LogP contribution in [0.4, 0.5) is 0 Å². The average Bonchev–Trinajstić information content (AvgIpc) is 1.85. The summed E-state index contributed by atoms with van der Waals surface area (Å²) in [5, 5.41) is 0. The fraction of sp³-hybridized carbons (Fsp3) is 1.00. The predicted octanol–water partition coefficient (Wildman–Crippen LogP) is 2.37. The Bertz CT molecular complexity index is 197. The van der Waals surface area contributed by atoms with Gasteiger partial charge < -0.3 is 0 Å². The zero-order valence-corrected chi connectivity index (χ0v) is 10.1.